The van der Waals surface area contributed by atoms with E-state index in [2.05, 4.69) is 13.2 Å². The van der Waals surface area contributed by atoms with E-state index < -0.39 is 0 Å². The second kappa shape index (κ2) is 6.23. The van der Waals surface area contributed by atoms with Crippen LogP contribution in [0.2, 0.25) is 0 Å². The normalized spacial score (nSPS) is 7.75. The van der Waals surface area contributed by atoms with Gasteiger partial charge in [-0.2, -0.15) is 0 Å². The maximum absolute atomic E-state index is 9.33. The smallest absolute Gasteiger partial charge is 0.0263 e. The van der Waals surface area contributed by atoms with E-state index in [4.69, 9.17) is 0 Å². The molecule has 0 unspecified atom stereocenters. The molecule has 1 rings (SSSR count). The number of allylic oxidation sites excluding steroid dienone is 1. The van der Waals surface area contributed by atoms with Crippen LogP contribution in [0.4, 0.5) is 0 Å². The summed E-state index contributed by atoms with van der Waals surface area (Å²) in [5.41, 5.74) is 1.17. The van der Waals surface area contributed by atoms with Crippen LogP contribution in [0, 0.1) is 0 Å². The van der Waals surface area contributed by atoms with E-state index in [1.807, 2.05) is 36.4 Å². The van der Waals surface area contributed by atoms with Crippen LogP contribution in [-0.2, 0) is 0 Å². The van der Waals surface area contributed by atoms with E-state index in [1.54, 1.807) is 0 Å². The molecular formula is C11H13O-. The zero-order valence-electron chi connectivity index (χ0n) is 7.29. The van der Waals surface area contributed by atoms with Gasteiger partial charge in [0.2, 0.25) is 0 Å². The van der Waals surface area contributed by atoms with Gasteiger partial charge in [0.1, 0.15) is 0 Å². The summed E-state index contributed by atoms with van der Waals surface area (Å²) in [7, 11) is 0. The Morgan fingerprint density at radius 1 is 1.33 bits per heavy atom. The lowest BCUT2D eigenvalue weighted by molar-refractivity contribution is -0.300. The van der Waals surface area contributed by atoms with Crippen molar-refractivity contribution in [1.82, 2.24) is 0 Å². The molecule has 1 aromatic carbocycles. The summed E-state index contributed by atoms with van der Waals surface area (Å²) < 4.78 is 0. The van der Waals surface area contributed by atoms with Gasteiger partial charge in [-0.3, -0.25) is 0 Å². The summed E-state index contributed by atoms with van der Waals surface area (Å²) in [5.74, 6) is -0.0833. The van der Waals surface area contributed by atoms with Gasteiger partial charge >= 0.3 is 0 Å². The second-order valence-corrected chi connectivity index (χ2v) is 2.32. The van der Waals surface area contributed by atoms with Crippen LogP contribution in [0.1, 0.15) is 12.5 Å². The summed E-state index contributed by atoms with van der Waals surface area (Å²) in [4.78, 5) is 0. The minimum Gasteiger partial charge on any atom is -0.876 e. The van der Waals surface area contributed by atoms with E-state index >= 15 is 0 Å². The van der Waals surface area contributed by atoms with Gasteiger partial charge < -0.3 is 5.11 Å². The Morgan fingerprint density at radius 3 is 2.00 bits per heavy atom. The van der Waals surface area contributed by atoms with Crippen LogP contribution < -0.4 is 5.11 Å². The lowest BCUT2D eigenvalue weighted by atomic mass is 10.2. The highest BCUT2D eigenvalue weighted by atomic mass is 16.3. The fourth-order valence-electron chi connectivity index (χ4n) is 0.589. The second-order valence-electron chi connectivity index (χ2n) is 2.32. The minimum absolute atomic E-state index is 0.0833. The quantitative estimate of drug-likeness (QED) is 0.579. The molecule has 0 aliphatic carbocycles. The van der Waals surface area contributed by atoms with Crippen molar-refractivity contribution < 1.29 is 5.11 Å². The summed E-state index contributed by atoms with van der Waals surface area (Å²) in [6.07, 6.45) is 1.83. The maximum atomic E-state index is 9.33. The number of benzene rings is 1. The molecule has 0 N–H and O–H groups in total. The third-order valence-electron chi connectivity index (χ3n) is 1.04. The number of hydrogen-bond donors (Lipinski definition) is 0. The van der Waals surface area contributed by atoms with Gasteiger partial charge in [0.15, 0.2) is 0 Å². The molecule has 0 aromatic heterocycles. The Balaban J connectivity index is 0.000000261. The third kappa shape index (κ3) is 6.62. The molecule has 0 radical (unpaired) electrons. The first kappa shape index (κ1) is 10.5. The maximum Gasteiger partial charge on any atom is -0.0263 e. The van der Waals surface area contributed by atoms with Crippen molar-refractivity contribution in [1.29, 1.82) is 0 Å². The highest BCUT2D eigenvalue weighted by Crippen LogP contribution is 1.97. The Hall–Kier alpha value is -1.50. The summed E-state index contributed by atoms with van der Waals surface area (Å²) in [6.45, 7) is 8.05. The Labute approximate surface area is 73.7 Å². The van der Waals surface area contributed by atoms with Gasteiger partial charge in [0.25, 0.3) is 0 Å². The topological polar surface area (TPSA) is 23.1 Å². The number of hydrogen-bond acceptors (Lipinski definition) is 1. The molecule has 0 aliphatic rings. The molecule has 0 saturated heterocycles. The third-order valence-corrected chi connectivity index (χ3v) is 1.04. The van der Waals surface area contributed by atoms with Crippen molar-refractivity contribution in [2.75, 3.05) is 0 Å². The van der Waals surface area contributed by atoms with Gasteiger partial charge in [0, 0.05) is 0 Å². The highest BCUT2D eigenvalue weighted by molar-refractivity contribution is 5.45. The van der Waals surface area contributed by atoms with Crippen molar-refractivity contribution in [3.05, 3.63) is 54.8 Å². The molecule has 0 bridgehead atoms. The zero-order chi connectivity index (χ0) is 9.40. The van der Waals surface area contributed by atoms with E-state index in [9.17, 15) is 5.11 Å². The standard InChI is InChI=1S/C8H8.C3H6O/c1-2-8-6-4-3-5-7-8;1-3(2)4/h2-7H,1H2;4H,1H2,2H3/p-1. The van der Waals surface area contributed by atoms with Crippen molar-refractivity contribution in [2.24, 2.45) is 0 Å². The van der Waals surface area contributed by atoms with Crippen LogP contribution in [0.5, 0.6) is 0 Å². The van der Waals surface area contributed by atoms with Crippen LogP contribution in [0.15, 0.2) is 49.2 Å². The molecule has 0 spiro atoms. The molecule has 0 heterocycles. The fourth-order valence-corrected chi connectivity index (χ4v) is 0.589. The first-order chi connectivity index (χ1) is 5.66. The van der Waals surface area contributed by atoms with E-state index in [1.165, 1.54) is 12.5 Å². The molecule has 64 valence electrons. The summed E-state index contributed by atoms with van der Waals surface area (Å²) in [5, 5.41) is 9.33. The Kier molecular flexibility index (Phi) is 5.45. The predicted octanol–water partition coefficient (Wildman–Crippen LogP) is 2.21. The number of rotatable bonds is 1. The summed E-state index contributed by atoms with van der Waals surface area (Å²) >= 11 is 0. The highest BCUT2D eigenvalue weighted by Gasteiger charge is 1.75. The molecule has 0 aliphatic heterocycles. The largest absolute Gasteiger partial charge is 0.876 e. The lowest BCUT2D eigenvalue weighted by Crippen LogP contribution is -1.92. The van der Waals surface area contributed by atoms with Crippen molar-refractivity contribution in [3.63, 3.8) is 0 Å². The van der Waals surface area contributed by atoms with Crippen molar-refractivity contribution >= 4 is 6.08 Å². The lowest BCUT2D eigenvalue weighted by Gasteiger charge is -1.92. The van der Waals surface area contributed by atoms with Crippen LogP contribution in [0.25, 0.3) is 6.08 Å². The predicted molar refractivity (Wildman–Crippen MR) is 51.3 cm³/mol. The Morgan fingerprint density at radius 2 is 1.75 bits per heavy atom. The van der Waals surface area contributed by atoms with Crippen molar-refractivity contribution in [2.45, 2.75) is 6.92 Å². The molecule has 1 nitrogen and oxygen atoms in total. The molecule has 1 heteroatoms. The van der Waals surface area contributed by atoms with Crippen LogP contribution >= 0.6 is 0 Å². The zero-order valence-corrected chi connectivity index (χ0v) is 7.29. The average Bonchev–Trinajstić information content (AvgIpc) is 2.05. The molecule has 0 fully saturated rings. The van der Waals surface area contributed by atoms with Gasteiger partial charge in [-0.25, -0.2) is 0 Å². The molecule has 0 amide bonds. The molecular weight excluding hydrogens is 148 g/mol. The first-order valence-corrected chi connectivity index (χ1v) is 3.67. The van der Waals surface area contributed by atoms with Gasteiger partial charge in [-0.15, -0.1) is 12.3 Å². The molecule has 0 atom stereocenters. The fraction of sp³-hybridized carbons (Fsp3) is 0.0909. The van der Waals surface area contributed by atoms with Gasteiger partial charge in [-0.1, -0.05) is 49.9 Å². The first-order valence-electron chi connectivity index (χ1n) is 3.67. The van der Waals surface area contributed by atoms with E-state index in [0.29, 0.717) is 0 Å². The molecule has 1 aromatic rings. The Bertz CT molecular complexity index is 232. The average molecular weight is 161 g/mol. The van der Waals surface area contributed by atoms with Crippen LogP contribution in [0.3, 0.4) is 0 Å². The molecule has 0 saturated carbocycles. The van der Waals surface area contributed by atoms with E-state index in [0.717, 1.165) is 0 Å². The molecule has 12 heavy (non-hydrogen) atoms. The minimum atomic E-state index is -0.0833. The van der Waals surface area contributed by atoms with E-state index in [-0.39, 0.29) is 5.76 Å². The van der Waals surface area contributed by atoms with Crippen molar-refractivity contribution in [3.8, 4) is 0 Å². The SMILES string of the molecule is C=C(C)[O-].C=Cc1ccccc1. The monoisotopic (exact) mass is 161 g/mol. The summed E-state index contributed by atoms with van der Waals surface area (Å²) in [6, 6.07) is 10.0. The van der Waals surface area contributed by atoms with Crippen LogP contribution in [-0.4, -0.2) is 0 Å². The van der Waals surface area contributed by atoms with Gasteiger partial charge in [0.05, 0.1) is 0 Å². The van der Waals surface area contributed by atoms with Gasteiger partial charge in [-0.05, 0) is 5.56 Å².